The summed E-state index contributed by atoms with van der Waals surface area (Å²) < 4.78 is 45.8. The molecule has 1 aromatic heterocycles. The standard InChI is InChI=1S/C35H36F2N4O6S.ClH/c1-20(2)31(38)32(42)48-16-4-15-46-30-19-26-24(18-29(30)45-3)27(11-14-39-26)47-28-10-9-23(17-25(28)37)41-34(44)35(12-13-35)33(43)40-22-7-5-21(36)6-8-22;/h5-11,14,17-20,31H,4,12-13,15-16,38H2,1-3H3,(H,40,43)(H,41,44);1H/t31-;/m0./s1. The van der Waals surface area contributed by atoms with E-state index in [1.54, 1.807) is 18.2 Å². The lowest BCUT2D eigenvalue weighted by atomic mass is 10.0. The number of pyridine rings is 1. The van der Waals surface area contributed by atoms with Crippen molar-refractivity contribution < 1.29 is 37.4 Å². The van der Waals surface area contributed by atoms with E-state index in [0.29, 0.717) is 65.5 Å². The summed E-state index contributed by atoms with van der Waals surface area (Å²) in [5.74, 6) is -0.544. The van der Waals surface area contributed by atoms with Crippen molar-refractivity contribution in [1.29, 1.82) is 0 Å². The van der Waals surface area contributed by atoms with Gasteiger partial charge >= 0.3 is 0 Å². The Bertz CT molecular complexity index is 1820. The maximum absolute atomic E-state index is 15.2. The van der Waals surface area contributed by atoms with Crippen LogP contribution in [0.4, 0.5) is 20.2 Å². The number of fused-ring (bicyclic) bond motifs is 1. The van der Waals surface area contributed by atoms with Gasteiger partial charge in [-0.1, -0.05) is 25.6 Å². The topological polar surface area (TPSA) is 142 Å². The average Bonchev–Trinajstić information content (AvgIpc) is 3.89. The quantitative estimate of drug-likeness (QED) is 0.0921. The van der Waals surface area contributed by atoms with E-state index < -0.39 is 34.9 Å². The second-order valence-corrected chi connectivity index (χ2v) is 12.8. The number of hydrogen-bond donors (Lipinski definition) is 3. The van der Waals surface area contributed by atoms with Gasteiger partial charge in [0, 0.05) is 40.8 Å². The van der Waals surface area contributed by atoms with Crippen LogP contribution in [-0.4, -0.2) is 47.4 Å². The fourth-order valence-corrected chi connectivity index (χ4v) is 5.70. The third kappa shape index (κ3) is 8.97. The number of nitrogens with zero attached hydrogens (tertiary/aromatic N) is 1. The van der Waals surface area contributed by atoms with Crippen molar-refractivity contribution in [3.63, 3.8) is 0 Å². The molecule has 2 amide bonds. The third-order valence-electron chi connectivity index (χ3n) is 7.90. The van der Waals surface area contributed by atoms with E-state index in [1.165, 1.54) is 61.5 Å². The molecule has 0 saturated heterocycles. The molecular weight excluding hydrogens is 678 g/mol. The number of thioether (sulfide) groups is 1. The van der Waals surface area contributed by atoms with Crippen LogP contribution < -0.4 is 30.6 Å². The van der Waals surface area contributed by atoms with E-state index >= 15 is 4.39 Å². The van der Waals surface area contributed by atoms with E-state index in [1.807, 2.05) is 13.8 Å². The summed E-state index contributed by atoms with van der Waals surface area (Å²) in [6.45, 7) is 4.15. The number of nitrogens with two attached hydrogens (primary N) is 1. The molecule has 1 atom stereocenters. The molecule has 1 saturated carbocycles. The second-order valence-electron chi connectivity index (χ2n) is 11.7. The fraction of sp³-hybridized carbons (Fsp3) is 0.314. The highest BCUT2D eigenvalue weighted by atomic mass is 35.5. The number of carbonyl (C=O) groups excluding carboxylic acids is 3. The Balaban J connectivity index is 0.00000541. The largest absolute Gasteiger partial charge is 0.493 e. The first-order chi connectivity index (χ1) is 23.0. The van der Waals surface area contributed by atoms with Gasteiger partial charge in [-0.25, -0.2) is 8.78 Å². The van der Waals surface area contributed by atoms with Crippen LogP contribution in [0.2, 0.25) is 0 Å². The van der Waals surface area contributed by atoms with E-state index in [-0.39, 0.29) is 34.9 Å². The number of nitrogens with one attached hydrogen (secondary N) is 2. The van der Waals surface area contributed by atoms with Gasteiger partial charge in [0.15, 0.2) is 23.1 Å². The van der Waals surface area contributed by atoms with Crippen LogP contribution >= 0.6 is 24.2 Å². The van der Waals surface area contributed by atoms with Crippen LogP contribution in [0.25, 0.3) is 10.9 Å². The number of aromatic nitrogens is 1. The molecule has 0 bridgehead atoms. The van der Waals surface area contributed by atoms with Crippen LogP contribution in [0.15, 0.2) is 66.9 Å². The molecule has 0 unspecified atom stereocenters. The van der Waals surface area contributed by atoms with Crippen molar-refractivity contribution >= 4 is 63.4 Å². The van der Waals surface area contributed by atoms with Gasteiger partial charge in [0.25, 0.3) is 0 Å². The Labute approximate surface area is 292 Å². The smallest absolute Gasteiger partial charge is 0.240 e. The van der Waals surface area contributed by atoms with Crippen molar-refractivity contribution in [2.75, 3.05) is 30.1 Å². The number of methoxy groups -OCH3 is 1. The van der Waals surface area contributed by atoms with Gasteiger partial charge in [-0.2, -0.15) is 0 Å². The zero-order valence-corrected chi connectivity index (χ0v) is 28.7. The van der Waals surface area contributed by atoms with Crippen molar-refractivity contribution in [3.8, 4) is 23.0 Å². The molecule has 49 heavy (non-hydrogen) atoms. The second kappa shape index (κ2) is 16.3. The molecule has 4 N–H and O–H groups in total. The predicted octanol–water partition coefficient (Wildman–Crippen LogP) is 7.11. The molecule has 0 aliphatic heterocycles. The number of halogens is 3. The molecule has 4 aromatic rings. The number of anilines is 2. The molecule has 0 radical (unpaired) electrons. The minimum absolute atomic E-state index is 0. The van der Waals surface area contributed by atoms with Gasteiger partial charge in [-0.05, 0) is 73.7 Å². The minimum Gasteiger partial charge on any atom is -0.493 e. The van der Waals surface area contributed by atoms with Crippen molar-refractivity contribution in [1.82, 2.24) is 4.98 Å². The summed E-state index contributed by atoms with van der Waals surface area (Å²) in [5.41, 5.74) is 5.65. The van der Waals surface area contributed by atoms with Gasteiger partial charge in [-0.15, -0.1) is 12.4 Å². The number of benzene rings is 3. The fourth-order valence-electron chi connectivity index (χ4n) is 4.77. The Hall–Kier alpha value is -4.46. The Morgan fingerprint density at radius 3 is 2.22 bits per heavy atom. The van der Waals surface area contributed by atoms with E-state index in [9.17, 15) is 18.8 Å². The molecule has 3 aromatic carbocycles. The first-order valence-corrected chi connectivity index (χ1v) is 16.4. The summed E-state index contributed by atoms with van der Waals surface area (Å²) >= 11 is 1.19. The summed E-state index contributed by atoms with van der Waals surface area (Å²) in [7, 11) is 1.50. The maximum Gasteiger partial charge on any atom is 0.240 e. The van der Waals surface area contributed by atoms with E-state index in [2.05, 4.69) is 15.6 Å². The number of rotatable bonds is 14. The lowest BCUT2D eigenvalue weighted by Gasteiger charge is -2.16. The zero-order chi connectivity index (χ0) is 34.4. The monoisotopic (exact) mass is 714 g/mol. The highest BCUT2D eigenvalue weighted by molar-refractivity contribution is 8.13. The van der Waals surface area contributed by atoms with Crippen LogP contribution in [0, 0.1) is 23.0 Å². The van der Waals surface area contributed by atoms with Gasteiger partial charge in [0.1, 0.15) is 17.0 Å². The zero-order valence-electron chi connectivity index (χ0n) is 27.1. The van der Waals surface area contributed by atoms with Crippen LogP contribution in [-0.2, 0) is 14.4 Å². The molecule has 0 spiro atoms. The Morgan fingerprint density at radius 2 is 1.59 bits per heavy atom. The Kier molecular flexibility index (Phi) is 12.4. The molecule has 260 valence electrons. The number of hydrogen-bond acceptors (Lipinski definition) is 9. The van der Waals surface area contributed by atoms with Crippen LogP contribution in [0.3, 0.4) is 0 Å². The van der Waals surface area contributed by atoms with Crippen LogP contribution in [0.1, 0.15) is 33.1 Å². The minimum atomic E-state index is -1.29. The molecular formula is C35H37ClF2N4O6S. The lowest BCUT2D eigenvalue weighted by molar-refractivity contribution is -0.131. The number of ether oxygens (including phenoxy) is 3. The molecule has 1 fully saturated rings. The molecule has 10 nitrogen and oxygen atoms in total. The van der Waals surface area contributed by atoms with E-state index in [0.717, 1.165) is 6.07 Å². The first kappa shape index (κ1) is 37.4. The maximum atomic E-state index is 15.2. The summed E-state index contributed by atoms with van der Waals surface area (Å²) in [6, 6.07) is 13.7. The van der Waals surface area contributed by atoms with Crippen molar-refractivity contribution in [2.24, 2.45) is 17.1 Å². The van der Waals surface area contributed by atoms with Gasteiger partial charge in [0.2, 0.25) is 16.9 Å². The summed E-state index contributed by atoms with van der Waals surface area (Å²) in [6.07, 6.45) is 2.79. The van der Waals surface area contributed by atoms with E-state index in [4.69, 9.17) is 19.9 Å². The third-order valence-corrected chi connectivity index (χ3v) is 8.95. The molecule has 1 aliphatic rings. The summed E-state index contributed by atoms with van der Waals surface area (Å²) in [4.78, 5) is 42.4. The normalized spacial score (nSPS) is 13.6. The highest BCUT2D eigenvalue weighted by Crippen LogP contribution is 2.47. The van der Waals surface area contributed by atoms with Crippen molar-refractivity contribution in [2.45, 2.75) is 39.2 Å². The number of amides is 2. The van der Waals surface area contributed by atoms with Crippen LogP contribution in [0.5, 0.6) is 23.0 Å². The molecule has 14 heteroatoms. The van der Waals surface area contributed by atoms with Gasteiger partial charge in [0.05, 0.1) is 25.3 Å². The summed E-state index contributed by atoms with van der Waals surface area (Å²) in [5, 5.41) is 5.76. The highest BCUT2D eigenvalue weighted by Gasteiger charge is 2.56. The average molecular weight is 715 g/mol. The molecule has 1 heterocycles. The SMILES string of the molecule is COc1cc2c(Oc3ccc(NC(=O)C4(C(=O)Nc5ccc(F)cc5)CC4)cc3F)ccnc2cc1OCCCSC(=O)[C@@H](N)C(C)C.Cl. The molecule has 5 rings (SSSR count). The van der Waals surface area contributed by atoms with Gasteiger partial charge in [-0.3, -0.25) is 19.4 Å². The number of carbonyl (C=O) groups is 3. The lowest BCUT2D eigenvalue weighted by Crippen LogP contribution is -2.35. The molecule has 1 aliphatic carbocycles. The van der Waals surface area contributed by atoms with Crippen molar-refractivity contribution in [3.05, 3.63) is 78.5 Å². The first-order valence-electron chi connectivity index (χ1n) is 15.4. The van der Waals surface area contributed by atoms with Gasteiger partial charge < -0.3 is 30.6 Å². The predicted molar refractivity (Wildman–Crippen MR) is 188 cm³/mol. The Morgan fingerprint density at radius 1 is 0.918 bits per heavy atom.